The number of rotatable bonds is 6. The lowest BCUT2D eigenvalue weighted by molar-refractivity contribution is -0.119. The number of amides is 2. The monoisotopic (exact) mass is 377 g/mol. The maximum Gasteiger partial charge on any atom is 0.257 e. The van der Waals surface area contributed by atoms with E-state index in [0.29, 0.717) is 16.9 Å². The van der Waals surface area contributed by atoms with Crippen molar-refractivity contribution in [1.82, 2.24) is 4.57 Å². The van der Waals surface area contributed by atoms with Gasteiger partial charge in [-0.15, -0.1) is 0 Å². The highest BCUT2D eigenvalue weighted by Crippen LogP contribution is 2.22. The zero-order chi connectivity index (χ0) is 20.1. The number of benzene rings is 2. The van der Waals surface area contributed by atoms with Crippen LogP contribution in [0.3, 0.4) is 0 Å². The number of aryl methyl sites for hydroxylation is 1. The van der Waals surface area contributed by atoms with Crippen molar-refractivity contribution in [3.63, 3.8) is 0 Å². The fourth-order valence-electron chi connectivity index (χ4n) is 3.13. The molecule has 2 amide bonds. The van der Waals surface area contributed by atoms with Crippen molar-refractivity contribution in [3.05, 3.63) is 77.6 Å². The predicted octanol–water partition coefficient (Wildman–Crippen LogP) is 3.93. The van der Waals surface area contributed by atoms with E-state index >= 15 is 0 Å². The van der Waals surface area contributed by atoms with E-state index in [9.17, 15) is 9.59 Å². The van der Waals surface area contributed by atoms with Gasteiger partial charge in [0.2, 0.25) is 5.91 Å². The average molecular weight is 377 g/mol. The highest BCUT2D eigenvalue weighted by Gasteiger charge is 2.16. The molecule has 144 valence electrons. The summed E-state index contributed by atoms with van der Waals surface area (Å²) < 4.78 is 6.84. The minimum Gasteiger partial charge on any atom is -0.375 e. The van der Waals surface area contributed by atoms with Crippen molar-refractivity contribution in [3.8, 4) is 5.69 Å². The molecule has 0 saturated carbocycles. The Morgan fingerprint density at radius 1 is 0.929 bits per heavy atom. The van der Waals surface area contributed by atoms with Crippen LogP contribution in [0.2, 0.25) is 0 Å². The molecule has 2 aromatic carbocycles. The Morgan fingerprint density at radius 3 is 2.14 bits per heavy atom. The molecule has 6 heteroatoms. The number of hydrogen-bond acceptors (Lipinski definition) is 3. The predicted molar refractivity (Wildman–Crippen MR) is 110 cm³/mol. The maximum absolute atomic E-state index is 12.8. The molecule has 0 radical (unpaired) electrons. The first-order chi connectivity index (χ1) is 13.5. The Balaban J connectivity index is 1.74. The number of carbonyl (C=O) groups excluding carboxylic acids is 2. The van der Waals surface area contributed by atoms with Crippen LogP contribution in [-0.4, -0.2) is 30.1 Å². The standard InChI is InChI=1S/C22H23N3O3/c1-15-13-20(16(2)25(15)19-7-5-4-6-8-19)22(27)24-18-11-9-17(10-12-18)23-21(26)14-28-3/h4-13H,14H2,1-3H3,(H,23,26)(H,24,27). The lowest BCUT2D eigenvalue weighted by Crippen LogP contribution is -2.17. The van der Waals surface area contributed by atoms with Gasteiger partial charge in [-0.2, -0.15) is 0 Å². The summed E-state index contributed by atoms with van der Waals surface area (Å²) in [7, 11) is 1.47. The van der Waals surface area contributed by atoms with Crippen LogP contribution in [0.15, 0.2) is 60.7 Å². The molecule has 1 aromatic heterocycles. The Labute approximate surface area is 164 Å². The largest absolute Gasteiger partial charge is 0.375 e. The zero-order valence-electron chi connectivity index (χ0n) is 16.2. The summed E-state index contributed by atoms with van der Waals surface area (Å²) >= 11 is 0. The molecular weight excluding hydrogens is 354 g/mol. The molecule has 0 aliphatic carbocycles. The summed E-state index contributed by atoms with van der Waals surface area (Å²) in [6.45, 7) is 3.91. The molecule has 0 aliphatic rings. The van der Waals surface area contributed by atoms with E-state index in [4.69, 9.17) is 4.74 Å². The van der Waals surface area contributed by atoms with Gasteiger partial charge in [0.25, 0.3) is 5.91 Å². The molecule has 3 aromatic rings. The third-order valence-corrected chi connectivity index (χ3v) is 4.39. The molecule has 2 N–H and O–H groups in total. The second kappa shape index (κ2) is 8.54. The van der Waals surface area contributed by atoms with Crippen molar-refractivity contribution in [1.29, 1.82) is 0 Å². The van der Waals surface area contributed by atoms with Crippen LogP contribution in [0.4, 0.5) is 11.4 Å². The molecule has 0 aliphatic heterocycles. The van der Waals surface area contributed by atoms with Gasteiger partial charge in [-0.1, -0.05) is 18.2 Å². The topological polar surface area (TPSA) is 72.4 Å². The number of para-hydroxylation sites is 1. The highest BCUT2D eigenvalue weighted by molar-refractivity contribution is 6.05. The summed E-state index contributed by atoms with van der Waals surface area (Å²) in [6.07, 6.45) is 0. The Morgan fingerprint density at radius 2 is 1.54 bits per heavy atom. The summed E-state index contributed by atoms with van der Waals surface area (Å²) in [5.41, 5.74) is 4.81. The average Bonchev–Trinajstić information content (AvgIpc) is 2.98. The number of ether oxygens (including phenoxy) is 1. The van der Waals surface area contributed by atoms with Gasteiger partial charge in [-0.05, 0) is 56.3 Å². The van der Waals surface area contributed by atoms with E-state index in [0.717, 1.165) is 17.1 Å². The zero-order valence-corrected chi connectivity index (χ0v) is 16.2. The summed E-state index contributed by atoms with van der Waals surface area (Å²) in [4.78, 5) is 24.3. The second-order valence-electron chi connectivity index (χ2n) is 6.47. The van der Waals surface area contributed by atoms with E-state index < -0.39 is 0 Å². The first kappa shape index (κ1) is 19.4. The molecular formula is C22H23N3O3. The van der Waals surface area contributed by atoms with Crippen LogP contribution < -0.4 is 10.6 Å². The van der Waals surface area contributed by atoms with Crippen LogP contribution >= 0.6 is 0 Å². The van der Waals surface area contributed by atoms with Crippen LogP contribution in [0, 0.1) is 13.8 Å². The van der Waals surface area contributed by atoms with Crippen molar-refractivity contribution < 1.29 is 14.3 Å². The molecule has 0 unspecified atom stereocenters. The molecule has 0 fully saturated rings. The van der Waals surface area contributed by atoms with Gasteiger partial charge < -0.3 is 19.9 Å². The van der Waals surface area contributed by atoms with Gasteiger partial charge in [-0.3, -0.25) is 9.59 Å². The van der Waals surface area contributed by atoms with Gasteiger partial charge in [0.1, 0.15) is 6.61 Å². The summed E-state index contributed by atoms with van der Waals surface area (Å²) in [5.74, 6) is -0.404. The van der Waals surface area contributed by atoms with Gasteiger partial charge in [0, 0.05) is 35.6 Å². The lowest BCUT2D eigenvalue weighted by Gasteiger charge is -2.10. The Kier molecular flexibility index (Phi) is 5.91. The van der Waals surface area contributed by atoms with E-state index in [1.54, 1.807) is 24.3 Å². The van der Waals surface area contributed by atoms with E-state index in [2.05, 4.69) is 15.2 Å². The van der Waals surface area contributed by atoms with Crippen molar-refractivity contribution in [2.24, 2.45) is 0 Å². The second-order valence-corrected chi connectivity index (χ2v) is 6.47. The quantitative estimate of drug-likeness (QED) is 0.684. The van der Waals surface area contributed by atoms with Gasteiger partial charge in [0.05, 0.1) is 5.56 Å². The minimum absolute atomic E-state index is 0.00445. The van der Waals surface area contributed by atoms with E-state index in [-0.39, 0.29) is 18.4 Å². The van der Waals surface area contributed by atoms with Crippen LogP contribution in [0.1, 0.15) is 21.7 Å². The number of nitrogens with one attached hydrogen (secondary N) is 2. The van der Waals surface area contributed by atoms with E-state index in [1.807, 2.05) is 50.2 Å². The molecule has 0 bridgehead atoms. The SMILES string of the molecule is COCC(=O)Nc1ccc(NC(=O)c2cc(C)n(-c3ccccc3)c2C)cc1. The van der Waals surface area contributed by atoms with Gasteiger partial charge in [0.15, 0.2) is 0 Å². The molecule has 0 atom stereocenters. The lowest BCUT2D eigenvalue weighted by atomic mass is 10.2. The first-order valence-electron chi connectivity index (χ1n) is 8.94. The fourth-order valence-corrected chi connectivity index (χ4v) is 3.13. The minimum atomic E-state index is -0.229. The van der Waals surface area contributed by atoms with Crippen molar-refractivity contribution in [2.45, 2.75) is 13.8 Å². The smallest absolute Gasteiger partial charge is 0.257 e. The Bertz CT molecular complexity index is 976. The maximum atomic E-state index is 12.8. The number of nitrogens with zero attached hydrogens (tertiary/aromatic N) is 1. The molecule has 1 heterocycles. The van der Waals surface area contributed by atoms with Gasteiger partial charge in [-0.25, -0.2) is 0 Å². The third kappa shape index (κ3) is 4.29. The molecule has 3 rings (SSSR count). The molecule has 0 spiro atoms. The molecule has 6 nitrogen and oxygen atoms in total. The number of aromatic nitrogens is 1. The summed E-state index contributed by atoms with van der Waals surface area (Å²) in [6, 6.07) is 18.8. The first-order valence-corrected chi connectivity index (χ1v) is 8.94. The third-order valence-electron chi connectivity index (χ3n) is 4.39. The van der Waals surface area contributed by atoms with Crippen molar-refractivity contribution in [2.75, 3.05) is 24.4 Å². The number of hydrogen-bond donors (Lipinski definition) is 2. The van der Waals surface area contributed by atoms with Crippen LogP contribution in [0.25, 0.3) is 5.69 Å². The van der Waals surface area contributed by atoms with Crippen LogP contribution in [0.5, 0.6) is 0 Å². The van der Waals surface area contributed by atoms with Gasteiger partial charge >= 0.3 is 0 Å². The normalized spacial score (nSPS) is 10.5. The summed E-state index contributed by atoms with van der Waals surface area (Å²) in [5, 5.41) is 5.62. The number of anilines is 2. The van der Waals surface area contributed by atoms with Crippen molar-refractivity contribution >= 4 is 23.2 Å². The Hall–Kier alpha value is -3.38. The van der Waals surface area contributed by atoms with E-state index in [1.165, 1.54) is 7.11 Å². The molecule has 0 saturated heterocycles. The van der Waals surface area contributed by atoms with Crippen LogP contribution in [-0.2, 0) is 9.53 Å². The molecule has 28 heavy (non-hydrogen) atoms. The fraction of sp³-hybridized carbons (Fsp3) is 0.182. The highest BCUT2D eigenvalue weighted by atomic mass is 16.5. The number of carbonyl (C=O) groups is 2. The number of methoxy groups -OCH3 is 1.